The summed E-state index contributed by atoms with van der Waals surface area (Å²) in [5.74, 6) is -1.89. The Hall–Kier alpha value is -3.61. The summed E-state index contributed by atoms with van der Waals surface area (Å²) in [5.41, 5.74) is 0.164. The number of hydrogen-bond donors (Lipinski definition) is 0. The topological polar surface area (TPSA) is 139 Å². The van der Waals surface area contributed by atoms with Gasteiger partial charge in [0.25, 0.3) is 0 Å². The Morgan fingerprint density at radius 2 is 1.86 bits per heavy atom. The lowest BCUT2D eigenvalue weighted by Gasteiger charge is -2.37. The molecule has 1 aromatic carbocycles. The molecular weight excluding hydrogens is 480 g/mol. The third-order valence-corrected chi connectivity index (χ3v) is 7.51. The van der Waals surface area contributed by atoms with Crippen molar-refractivity contribution in [3.05, 3.63) is 41.2 Å². The molecule has 2 saturated heterocycles. The van der Waals surface area contributed by atoms with E-state index in [1.165, 1.54) is 28.5 Å². The van der Waals surface area contributed by atoms with Crippen LogP contribution in [0.3, 0.4) is 0 Å². The van der Waals surface area contributed by atoms with Crippen LogP contribution < -0.4 is 4.74 Å². The maximum absolute atomic E-state index is 13.3. The van der Waals surface area contributed by atoms with E-state index in [-0.39, 0.29) is 42.2 Å². The zero-order valence-corrected chi connectivity index (χ0v) is 20.4. The summed E-state index contributed by atoms with van der Waals surface area (Å²) in [6, 6.07) is 6.18. The SMILES string of the molecule is COC(=O)c1nnn(C[C@]2(C)S[C@@H]3CC(=O)N3[C@H]2C(=O)OCc2ccccc2OC)c1C(=O)OC. The fourth-order valence-electron chi connectivity index (χ4n) is 4.27. The van der Waals surface area contributed by atoms with Gasteiger partial charge in [0.2, 0.25) is 11.6 Å². The first-order chi connectivity index (χ1) is 16.7. The zero-order valence-electron chi connectivity index (χ0n) is 19.5. The second kappa shape index (κ2) is 9.56. The van der Waals surface area contributed by atoms with Crippen LogP contribution in [0.4, 0.5) is 0 Å². The van der Waals surface area contributed by atoms with Gasteiger partial charge in [0.1, 0.15) is 18.4 Å². The predicted molar refractivity (Wildman–Crippen MR) is 121 cm³/mol. The molecule has 1 amide bonds. The average Bonchev–Trinajstić information content (AvgIpc) is 3.37. The fraction of sp³-hybridized carbons (Fsp3) is 0.455. The Balaban J connectivity index is 1.62. The molecule has 13 heteroatoms. The van der Waals surface area contributed by atoms with Gasteiger partial charge in [-0.3, -0.25) is 4.79 Å². The van der Waals surface area contributed by atoms with Crippen molar-refractivity contribution in [1.29, 1.82) is 0 Å². The van der Waals surface area contributed by atoms with Gasteiger partial charge in [-0.15, -0.1) is 16.9 Å². The van der Waals surface area contributed by atoms with E-state index in [1.807, 2.05) is 0 Å². The molecule has 3 heterocycles. The number of β-lactam (4-membered cyclic amide) rings is 1. The van der Waals surface area contributed by atoms with Gasteiger partial charge < -0.3 is 23.8 Å². The van der Waals surface area contributed by atoms with Crippen molar-refractivity contribution in [3.8, 4) is 5.75 Å². The minimum absolute atomic E-state index is 0.0270. The van der Waals surface area contributed by atoms with Crippen LogP contribution in [-0.4, -0.2) is 81.2 Å². The Morgan fingerprint density at radius 3 is 2.51 bits per heavy atom. The second-order valence-corrected chi connectivity index (χ2v) is 9.85. The van der Waals surface area contributed by atoms with Crippen LogP contribution in [-0.2, 0) is 37.0 Å². The molecule has 0 unspecified atom stereocenters. The first-order valence-corrected chi connectivity index (χ1v) is 11.5. The lowest BCUT2D eigenvalue weighted by molar-refractivity contribution is -0.162. The number of rotatable bonds is 8. The molecule has 4 rings (SSSR count). The number of benzene rings is 1. The lowest BCUT2D eigenvalue weighted by atomic mass is 9.96. The Bertz CT molecular complexity index is 1180. The maximum Gasteiger partial charge on any atom is 0.361 e. The highest BCUT2D eigenvalue weighted by Crippen LogP contribution is 2.52. The van der Waals surface area contributed by atoms with E-state index in [0.29, 0.717) is 11.3 Å². The molecule has 0 N–H and O–H groups in total. The number of esters is 3. The van der Waals surface area contributed by atoms with Gasteiger partial charge in [0, 0.05) is 5.56 Å². The van der Waals surface area contributed by atoms with E-state index in [9.17, 15) is 19.2 Å². The van der Waals surface area contributed by atoms with E-state index < -0.39 is 28.7 Å². The lowest BCUT2D eigenvalue weighted by Crippen LogP contribution is -2.58. The Labute approximate surface area is 204 Å². The Kier molecular flexibility index (Phi) is 6.70. The van der Waals surface area contributed by atoms with Gasteiger partial charge in [0.05, 0.1) is 44.4 Å². The minimum Gasteiger partial charge on any atom is -0.496 e. The van der Waals surface area contributed by atoms with Gasteiger partial charge in [-0.1, -0.05) is 23.4 Å². The molecule has 2 fully saturated rings. The third kappa shape index (κ3) is 4.31. The molecular formula is C22H24N4O8S. The Morgan fingerprint density at radius 1 is 1.14 bits per heavy atom. The number of amides is 1. The van der Waals surface area contributed by atoms with Crippen molar-refractivity contribution < 1.29 is 38.1 Å². The van der Waals surface area contributed by atoms with Gasteiger partial charge >= 0.3 is 17.9 Å². The normalized spacial score (nSPS) is 22.7. The monoisotopic (exact) mass is 504 g/mol. The molecule has 1 aromatic heterocycles. The predicted octanol–water partition coefficient (Wildman–Crippen LogP) is 1.04. The molecule has 0 radical (unpaired) electrons. The summed E-state index contributed by atoms with van der Waals surface area (Å²) < 4.78 is 20.7. The van der Waals surface area contributed by atoms with Gasteiger partial charge in [-0.2, -0.15) is 0 Å². The molecule has 2 aliphatic rings. The number of aromatic nitrogens is 3. The van der Waals surface area contributed by atoms with Crippen molar-refractivity contribution in [1.82, 2.24) is 19.9 Å². The number of thioether (sulfide) groups is 1. The molecule has 0 spiro atoms. The maximum atomic E-state index is 13.3. The van der Waals surface area contributed by atoms with Crippen LogP contribution >= 0.6 is 11.8 Å². The molecule has 35 heavy (non-hydrogen) atoms. The quantitative estimate of drug-likeness (QED) is 0.289. The van der Waals surface area contributed by atoms with E-state index in [4.69, 9.17) is 14.2 Å². The third-order valence-electron chi connectivity index (χ3n) is 5.95. The molecule has 0 saturated carbocycles. The number of hydrogen-bond acceptors (Lipinski definition) is 11. The van der Waals surface area contributed by atoms with Crippen molar-refractivity contribution in [2.75, 3.05) is 21.3 Å². The molecule has 3 atom stereocenters. The van der Waals surface area contributed by atoms with Crippen molar-refractivity contribution in [2.45, 2.75) is 42.7 Å². The number of carbonyl (C=O) groups is 4. The van der Waals surface area contributed by atoms with Crippen LogP contribution in [0.1, 0.15) is 39.9 Å². The number of fused-ring (bicyclic) bond motifs is 1. The van der Waals surface area contributed by atoms with E-state index in [1.54, 1.807) is 31.2 Å². The highest BCUT2D eigenvalue weighted by molar-refractivity contribution is 8.01. The van der Waals surface area contributed by atoms with Gasteiger partial charge in [-0.25, -0.2) is 19.1 Å². The highest BCUT2D eigenvalue weighted by atomic mass is 32.2. The molecule has 2 aliphatic heterocycles. The van der Waals surface area contributed by atoms with Gasteiger partial charge in [-0.05, 0) is 13.0 Å². The number of methoxy groups -OCH3 is 3. The van der Waals surface area contributed by atoms with Crippen LogP contribution in [0.2, 0.25) is 0 Å². The number of ether oxygens (including phenoxy) is 4. The van der Waals surface area contributed by atoms with Crippen molar-refractivity contribution in [2.24, 2.45) is 0 Å². The summed E-state index contributed by atoms with van der Waals surface area (Å²) in [6.45, 7) is 1.70. The first-order valence-electron chi connectivity index (χ1n) is 10.6. The largest absolute Gasteiger partial charge is 0.496 e. The highest BCUT2D eigenvalue weighted by Gasteiger charge is 2.61. The molecule has 0 bridgehead atoms. The smallest absolute Gasteiger partial charge is 0.361 e. The van der Waals surface area contributed by atoms with Crippen LogP contribution in [0.25, 0.3) is 0 Å². The van der Waals surface area contributed by atoms with Crippen molar-refractivity contribution in [3.63, 3.8) is 0 Å². The zero-order chi connectivity index (χ0) is 25.3. The van der Waals surface area contributed by atoms with Crippen LogP contribution in [0.5, 0.6) is 5.75 Å². The standard InChI is InChI=1S/C22H24N4O8S/c1-22(11-25-17(20(29)33-4)16(23-24-25)19(28)32-3)18(26-14(27)9-15(26)35-22)21(30)34-10-12-7-5-6-8-13(12)31-2/h5-8,15,18H,9-11H2,1-4H3/t15-,18+,22+/m1/s1. The summed E-state index contributed by atoms with van der Waals surface area (Å²) in [7, 11) is 3.84. The molecule has 2 aromatic rings. The van der Waals surface area contributed by atoms with E-state index >= 15 is 0 Å². The van der Waals surface area contributed by atoms with Crippen LogP contribution in [0, 0.1) is 0 Å². The average molecular weight is 505 g/mol. The molecule has 12 nitrogen and oxygen atoms in total. The summed E-state index contributed by atoms with van der Waals surface area (Å²) in [6.07, 6.45) is 0.283. The minimum atomic E-state index is -0.954. The van der Waals surface area contributed by atoms with Crippen molar-refractivity contribution >= 4 is 35.6 Å². The summed E-state index contributed by atoms with van der Waals surface area (Å²) in [5, 5.41) is 7.50. The number of para-hydroxylation sites is 1. The first kappa shape index (κ1) is 24.5. The second-order valence-electron chi connectivity index (χ2n) is 8.14. The molecule has 186 valence electrons. The van der Waals surface area contributed by atoms with E-state index in [0.717, 1.165) is 14.2 Å². The van der Waals surface area contributed by atoms with Crippen LogP contribution in [0.15, 0.2) is 24.3 Å². The van der Waals surface area contributed by atoms with E-state index in [2.05, 4.69) is 15.0 Å². The summed E-state index contributed by atoms with van der Waals surface area (Å²) >= 11 is 1.40. The summed E-state index contributed by atoms with van der Waals surface area (Å²) in [4.78, 5) is 51.8. The van der Waals surface area contributed by atoms with Gasteiger partial charge in [0.15, 0.2) is 5.69 Å². The number of nitrogens with zero attached hydrogens (tertiary/aromatic N) is 4. The number of carbonyl (C=O) groups excluding carboxylic acids is 4. The molecule has 0 aliphatic carbocycles. The fourth-order valence-corrected chi connectivity index (χ4v) is 6.01.